The van der Waals surface area contributed by atoms with Crippen LogP contribution < -0.4 is 11.1 Å². The number of aryl methyl sites for hydroxylation is 1. The molecule has 1 fully saturated rings. The molecule has 0 aliphatic heterocycles. The molecule has 0 radical (unpaired) electrons. The lowest BCUT2D eigenvalue weighted by Crippen LogP contribution is -2.76. The van der Waals surface area contributed by atoms with Gasteiger partial charge in [0, 0.05) is 24.5 Å². The highest BCUT2D eigenvalue weighted by Crippen LogP contribution is 2.49. The largest absolute Gasteiger partial charge is 0.378 e. The van der Waals surface area contributed by atoms with Gasteiger partial charge in [0.05, 0.1) is 6.10 Å². The smallest absolute Gasteiger partial charge is 0.241 e. The van der Waals surface area contributed by atoms with Crippen molar-refractivity contribution in [3.63, 3.8) is 0 Å². The fourth-order valence-electron chi connectivity index (χ4n) is 3.96. The van der Waals surface area contributed by atoms with Crippen molar-refractivity contribution in [3.05, 3.63) is 35.4 Å². The molecule has 4 nitrogen and oxygen atoms in total. The lowest BCUT2D eigenvalue weighted by Gasteiger charge is -2.57. The van der Waals surface area contributed by atoms with E-state index >= 15 is 0 Å². The molecule has 24 heavy (non-hydrogen) atoms. The minimum atomic E-state index is -0.830. The fourth-order valence-corrected chi connectivity index (χ4v) is 3.96. The van der Waals surface area contributed by atoms with E-state index in [9.17, 15) is 4.79 Å². The van der Waals surface area contributed by atoms with Gasteiger partial charge in [-0.1, -0.05) is 38.1 Å². The first-order chi connectivity index (χ1) is 10.9. The van der Waals surface area contributed by atoms with Gasteiger partial charge in [-0.25, -0.2) is 0 Å². The van der Waals surface area contributed by atoms with E-state index in [2.05, 4.69) is 29.6 Å². The van der Waals surface area contributed by atoms with Crippen molar-refractivity contribution in [2.45, 2.75) is 64.1 Å². The van der Waals surface area contributed by atoms with Crippen molar-refractivity contribution < 1.29 is 9.53 Å². The average molecular weight is 353 g/mol. The monoisotopic (exact) mass is 352 g/mol. The van der Waals surface area contributed by atoms with Crippen molar-refractivity contribution in [1.29, 1.82) is 0 Å². The van der Waals surface area contributed by atoms with Crippen LogP contribution in [-0.2, 0) is 22.4 Å². The van der Waals surface area contributed by atoms with Gasteiger partial charge >= 0.3 is 0 Å². The fraction of sp³-hybridized carbons (Fsp3) is 0.632. The molecule has 1 aromatic rings. The first kappa shape index (κ1) is 19.2. The Kier molecular flexibility index (Phi) is 5.63. The molecule has 0 spiro atoms. The van der Waals surface area contributed by atoms with Gasteiger partial charge < -0.3 is 15.8 Å². The van der Waals surface area contributed by atoms with Crippen LogP contribution in [0.2, 0.25) is 0 Å². The van der Waals surface area contributed by atoms with Gasteiger partial charge in [0.25, 0.3) is 0 Å². The minimum absolute atomic E-state index is 0. The summed E-state index contributed by atoms with van der Waals surface area (Å²) in [5, 5.41) is 3.20. The van der Waals surface area contributed by atoms with Gasteiger partial charge in [0.2, 0.25) is 5.91 Å². The normalized spacial score (nSPS) is 30.5. The molecule has 0 bridgehead atoms. The summed E-state index contributed by atoms with van der Waals surface area (Å²) in [4.78, 5) is 12.8. The Morgan fingerprint density at radius 1 is 1.33 bits per heavy atom. The molecule has 5 heteroatoms. The molecule has 3 rings (SSSR count). The number of fused-ring (bicyclic) bond motifs is 1. The minimum Gasteiger partial charge on any atom is -0.378 e. The Labute approximate surface area is 150 Å². The summed E-state index contributed by atoms with van der Waals surface area (Å²) < 4.78 is 5.72. The number of ether oxygens (including phenoxy) is 1. The van der Waals surface area contributed by atoms with Gasteiger partial charge in [-0.2, -0.15) is 0 Å². The quantitative estimate of drug-likeness (QED) is 0.875. The molecule has 0 saturated heterocycles. The third-order valence-electron chi connectivity index (χ3n) is 5.92. The molecule has 134 valence electrons. The molecule has 0 heterocycles. The van der Waals surface area contributed by atoms with Crippen LogP contribution in [0.1, 0.15) is 44.7 Å². The summed E-state index contributed by atoms with van der Waals surface area (Å²) in [5.74, 6) is -0.0252. The maximum absolute atomic E-state index is 12.8. The number of nitrogens with two attached hydrogens (primary N) is 1. The number of halogens is 1. The van der Waals surface area contributed by atoms with Crippen LogP contribution in [-0.4, -0.2) is 30.2 Å². The Hall–Kier alpha value is -1.10. The lowest BCUT2D eigenvalue weighted by atomic mass is 9.54. The number of benzene rings is 1. The van der Waals surface area contributed by atoms with E-state index < -0.39 is 5.54 Å². The van der Waals surface area contributed by atoms with Crippen LogP contribution in [0.5, 0.6) is 0 Å². The first-order valence-electron chi connectivity index (χ1n) is 8.66. The summed E-state index contributed by atoms with van der Waals surface area (Å²) in [6, 6.07) is 8.66. The Bertz CT molecular complexity index is 605. The lowest BCUT2D eigenvalue weighted by molar-refractivity contribution is -0.171. The molecule has 2 aliphatic rings. The topological polar surface area (TPSA) is 64.3 Å². The van der Waals surface area contributed by atoms with Gasteiger partial charge in [0.15, 0.2) is 0 Å². The van der Waals surface area contributed by atoms with E-state index in [1.54, 1.807) is 0 Å². The standard InChI is InChI=1S/C19H28N2O2.ClH/c1-4-23-16-12-19(20,18(16,2)3)17(22)21-15-10-9-13-7-5-6-8-14(13)11-15;/h5-8,15-16H,4,9-12,20H2,1-3H3,(H,21,22);1H. The number of amides is 1. The maximum Gasteiger partial charge on any atom is 0.241 e. The predicted molar refractivity (Wildman–Crippen MR) is 98.4 cm³/mol. The summed E-state index contributed by atoms with van der Waals surface area (Å²) in [5.41, 5.74) is 8.05. The molecule has 2 aliphatic carbocycles. The zero-order valence-electron chi connectivity index (χ0n) is 14.8. The second-order valence-electron chi connectivity index (χ2n) is 7.52. The summed E-state index contributed by atoms with van der Waals surface area (Å²) in [6.45, 7) is 6.70. The summed E-state index contributed by atoms with van der Waals surface area (Å²) in [7, 11) is 0. The Morgan fingerprint density at radius 3 is 2.62 bits per heavy atom. The van der Waals surface area contributed by atoms with E-state index in [1.165, 1.54) is 11.1 Å². The number of carbonyl (C=O) groups excluding carboxylic acids is 1. The number of rotatable bonds is 4. The van der Waals surface area contributed by atoms with E-state index in [0.717, 1.165) is 19.3 Å². The van der Waals surface area contributed by atoms with Crippen molar-refractivity contribution >= 4 is 18.3 Å². The van der Waals surface area contributed by atoms with Crippen LogP contribution in [0.4, 0.5) is 0 Å². The van der Waals surface area contributed by atoms with Crippen molar-refractivity contribution in [1.82, 2.24) is 5.32 Å². The van der Waals surface area contributed by atoms with Crippen LogP contribution in [0.15, 0.2) is 24.3 Å². The molecule has 3 unspecified atom stereocenters. The second-order valence-corrected chi connectivity index (χ2v) is 7.52. The van der Waals surface area contributed by atoms with Gasteiger partial charge in [-0.3, -0.25) is 4.79 Å². The van der Waals surface area contributed by atoms with Crippen LogP contribution >= 0.6 is 12.4 Å². The number of carbonyl (C=O) groups is 1. The van der Waals surface area contributed by atoms with Crippen LogP contribution in [0.25, 0.3) is 0 Å². The molecule has 1 amide bonds. The summed E-state index contributed by atoms with van der Waals surface area (Å²) in [6.07, 6.45) is 3.56. The predicted octanol–water partition coefficient (Wildman–Crippen LogP) is 2.61. The number of hydrogen-bond acceptors (Lipinski definition) is 3. The highest BCUT2D eigenvalue weighted by molar-refractivity contribution is 5.89. The van der Waals surface area contributed by atoms with E-state index in [4.69, 9.17) is 10.5 Å². The highest BCUT2D eigenvalue weighted by atomic mass is 35.5. The van der Waals surface area contributed by atoms with Crippen molar-refractivity contribution in [2.75, 3.05) is 6.61 Å². The highest BCUT2D eigenvalue weighted by Gasteiger charge is 2.63. The maximum atomic E-state index is 12.8. The molecule has 3 N–H and O–H groups in total. The van der Waals surface area contributed by atoms with E-state index in [0.29, 0.717) is 13.0 Å². The molecule has 3 atom stereocenters. The molecular weight excluding hydrogens is 324 g/mol. The zero-order chi connectivity index (χ0) is 16.7. The Morgan fingerprint density at radius 2 is 2.00 bits per heavy atom. The van der Waals surface area contributed by atoms with E-state index in [-0.39, 0.29) is 35.9 Å². The van der Waals surface area contributed by atoms with Crippen LogP contribution in [0.3, 0.4) is 0 Å². The first-order valence-corrected chi connectivity index (χ1v) is 8.66. The van der Waals surface area contributed by atoms with Crippen molar-refractivity contribution in [3.8, 4) is 0 Å². The third-order valence-corrected chi connectivity index (χ3v) is 5.92. The van der Waals surface area contributed by atoms with Crippen molar-refractivity contribution in [2.24, 2.45) is 11.1 Å². The molecule has 1 saturated carbocycles. The Balaban J connectivity index is 0.00000208. The molecular formula is C19H29ClN2O2. The van der Waals surface area contributed by atoms with Crippen LogP contribution in [0, 0.1) is 5.41 Å². The van der Waals surface area contributed by atoms with Gasteiger partial charge in [0.1, 0.15) is 5.54 Å². The number of hydrogen-bond donors (Lipinski definition) is 2. The van der Waals surface area contributed by atoms with Gasteiger partial charge in [-0.15, -0.1) is 12.4 Å². The SMILES string of the molecule is CCOC1CC(N)(C(=O)NC2CCc3ccccc3C2)C1(C)C.Cl. The van der Waals surface area contributed by atoms with Gasteiger partial charge in [-0.05, 0) is 37.3 Å². The zero-order valence-corrected chi connectivity index (χ0v) is 15.6. The summed E-state index contributed by atoms with van der Waals surface area (Å²) >= 11 is 0. The third kappa shape index (κ3) is 3.07. The molecule has 0 aromatic heterocycles. The number of nitrogens with one attached hydrogen (secondary N) is 1. The molecule has 1 aromatic carbocycles. The second kappa shape index (κ2) is 7.03. The van der Waals surface area contributed by atoms with E-state index in [1.807, 2.05) is 20.8 Å². The average Bonchev–Trinajstić information content (AvgIpc) is 2.54.